The molecule has 25 heavy (non-hydrogen) atoms. The number of halogens is 1. The highest BCUT2D eigenvalue weighted by atomic mass is 35.5. The number of pyridine rings is 1. The quantitative estimate of drug-likeness (QED) is 0.446. The smallest absolute Gasteiger partial charge is 0.260 e. The molecule has 2 aromatic rings. The van der Waals surface area contributed by atoms with Crippen LogP contribution in [0.4, 0.5) is 5.82 Å². The molecular formula is C17H21ClN6O. The highest BCUT2D eigenvalue weighted by Crippen LogP contribution is 2.31. The lowest BCUT2D eigenvalue weighted by Crippen LogP contribution is -2.25. The molecule has 132 valence electrons. The van der Waals surface area contributed by atoms with E-state index in [1.54, 1.807) is 24.3 Å². The van der Waals surface area contributed by atoms with Crippen molar-refractivity contribution in [3.05, 3.63) is 50.8 Å². The molecule has 6 N–H and O–H groups in total. The molecule has 1 atom stereocenters. The van der Waals surface area contributed by atoms with Gasteiger partial charge in [-0.2, -0.15) is 5.11 Å². The molecular weight excluding hydrogens is 340 g/mol. The second kappa shape index (κ2) is 8.04. The number of anilines is 1. The molecule has 0 radical (unpaired) electrons. The van der Waals surface area contributed by atoms with Gasteiger partial charge in [0, 0.05) is 34.5 Å². The molecule has 1 heterocycles. The van der Waals surface area contributed by atoms with Crippen molar-refractivity contribution < 1.29 is 0 Å². The van der Waals surface area contributed by atoms with Crippen LogP contribution in [0.1, 0.15) is 30.5 Å². The lowest BCUT2D eigenvalue weighted by atomic mass is 9.99. The number of hydrogen-bond donors (Lipinski definition) is 4. The van der Waals surface area contributed by atoms with Crippen LogP contribution in [0.2, 0.25) is 5.02 Å². The molecule has 7 nitrogen and oxygen atoms in total. The molecule has 8 heteroatoms. The molecule has 0 bridgehead atoms. The second-order valence-corrected chi connectivity index (χ2v) is 5.96. The van der Waals surface area contributed by atoms with Gasteiger partial charge < -0.3 is 16.9 Å². The molecule has 2 rings (SSSR count). The average molecular weight is 361 g/mol. The average Bonchev–Trinajstić information content (AvgIpc) is 2.61. The van der Waals surface area contributed by atoms with Crippen molar-refractivity contribution in [1.29, 1.82) is 10.9 Å². The molecule has 0 saturated heterocycles. The SMILES string of the molecule is CCn1c(N)c(C=N)cc(-c2ccc(C(CCN)N=N)cc2Cl)c1=O. The summed E-state index contributed by atoms with van der Waals surface area (Å²) >= 11 is 6.40. The summed E-state index contributed by atoms with van der Waals surface area (Å²) in [6.07, 6.45) is 1.66. The predicted molar refractivity (Wildman–Crippen MR) is 101 cm³/mol. The fraction of sp³-hybridized carbons (Fsp3) is 0.294. The first-order valence-electron chi connectivity index (χ1n) is 7.88. The van der Waals surface area contributed by atoms with E-state index < -0.39 is 0 Å². The Bertz CT molecular complexity index is 861. The third-order valence-electron chi connectivity index (χ3n) is 4.10. The summed E-state index contributed by atoms with van der Waals surface area (Å²) in [5.41, 5.74) is 20.7. The first-order chi connectivity index (χ1) is 12.0. The Morgan fingerprint density at radius 1 is 1.36 bits per heavy atom. The van der Waals surface area contributed by atoms with Crippen LogP contribution in [0.3, 0.4) is 0 Å². The maximum absolute atomic E-state index is 12.7. The van der Waals surface area contributed by atoms with E-state index in [4.69, 9.17) is 34.0 Å². The number of nitrogens with zero attached hydrogens (tertiary/aromatic N) is 2. The minimum absolute atomic E-state index is 0.259. The van der Waals surface area contributed by atoms with Crippen LogP contribution in [-0.2, 0) is 6.54 Å². The van der Waals surface area contributed by atoms with Gasteiger partial charge in [-0.1, -0.05) is 23.7 Å². The van der Waals surface area contributed by atoms with Gasteiger partial charge in [0.25, 0.3) is 5.56 Å². The Balaban J connectivity index is 2.62. The zero-order valence-corrected chi connectivity index (χ0v) is 14.7. The summed E-state index contributed by atoms with van der Waals surface area (Å²) in [5, 5.41) is 11.5. The molecule has 0 aliphatic heterocycles. The summed E-state index contributed by atoms with van der Waals surface area (Å²) in [4.78, 5) is 12.7. The van der Waals surface area contributed by atoms with Gasteiger partial charge in [0.1, 0.15) is 5.82 Å². The van der Waals surface area contributed by atoms with Gasteiger partial charge in [-0.3, -0.25) is 9.36 Å². The highest BCUT2D eigenvalue weighted by Gasteiger charge is 2.17. The normalized spacial score (nSPS) is 12.0. The monoisotopic (exact) mass is 360 g/mol. The van der Waals surface area contributed by atoms with E-state index in [0.717, 1.165) is 11.8 Å². The van der Waals surface area contributed by atoms with E-state index >= 15 is 0 Å². The summed E-state index contributed by atoms with van der Waals surface area (Å²) in [6, 6.07) is 6.44. The molecule has 0 fully saturated rings. The minimum atomic E-state index is -0.354. The zero-order chi connectivity index (χ0) is 18.6. The Labute approximate surface area is 150 Å². The summed E-state index contributed by atoms with van der Waals surface area (Å²) in [6.45, 7) is 2.62. The van der Waals surface area contributed by atoms with E-state index in [9.17, 15) is 4.79 Å². The van der Waals surface area contributed by atoms with Gasteiger partial charge in [-0.25, -0.2) is 5.53 Å². The first-order valence-corrected chi connectivity index (χ1v) is 8.26. The third-order valence-corrected chi connectivity index (χ3v) is 4.41. The van der Waals surface area contributed by atoms with Crippen LogP contribution in [0.15, 0.2) is 34.2 Å². The highest BCUT2D eigenvalue weighted by molar-refractivity contribution is 6.33. The number of aromatic nitrogens is 1. The largest absolute Gasteiger partial charge is 0.384 e. The summed E-state index contributed by atoms with van der Waals surface area (Å²) < 4.78 is 1.41. The number of rotatable bonds is 7. The minimum Gasteiger partial charge on any atom is -0.384 e. The molecule has 0 amide bonds. The van der Waals surface area contributed by atoms with Crippen molar-refractivity contribution in [2.24, 2.45) is 10.8 Å². The van der Waals surface area contributed by atoms with E-state index in [1.807, 2.05) is 6.92 Å². The number of nitrogen functional groups attached to an aromatic ring is 1. The van der Waals surface area contributed by atoms with Crippen LogP contribution in [0.5, 0.6) is 0 Å². The van der Waals surface area contributed by atoms with Gasteiger partial charge in [-0.05, 0) is 37.6 Å². The van der Waals surface area contributed by atoms with Gasteiger partial charge in [0.05, 0.1) is 6.04 Å². The van der Waals surface area contributed by atoms with Crippen molar-refractivity contribution in [3.63, 3.8) is 0 Å². The number of hydrogen-bond acceptors (Lipinski definition) is 6. The molecule has 0 saturated carbocycles. The van der Waals surface area contributed by atoms with Crippen molar-refractivity contribution in [1.82, 2.24) is 4.57 Å². The van der Waals surface area contributed by atoms with Crippen molar-refractivity contribution >= 4 is 23.6 Å². The standard InChI is InChI=1S/C17H21ClN6O/c1-2-24-16(21)11(9-20)7-13(17(24)25)12-4-3-10(8-14(12)18)15(23-22)5-6-19/h3-4,7-9,15,20,22H,2,5-6,19,21H2,1H3. The Kier molecular flexibility index (Phi) is 6.06. The molecule has 0 aliphatic carbocycles. The van der Waals surface area contributed by atoms with Crippen LogP contribution < -0.4 is 17.0 Å². The zero-order valence-electron chi connectivity index (χ0n) is 13.9. The van der Waals surface area contributed by atoms with Crippen molar-refractivity contribution in [2.75, 3.05) is 12.3 Å². The first kappa shape index (κ1) is 18.8. The van der Waals surface area contributed by atoms with Crippen LogP contribution in [0.25, 0.3) is 11.1 Å². The second-order valence-electron chi connectivity index (χ2n) is 5.55. The Morgan fingerprint density at radius 3 is 2.60 bits per heavy atom. The van der Waals surface area contributed by atoms with Gasteiger partial charge in [0.15, 0.2) is 0 Å². The third kappa shape index (κ3) is 3.62. The number of benzene rings is 1. The summed E-state index contributed by atoms with van der Waals surface area (Å²) in [7, 11) is 0. The predicted octanol–water partition coefficient (Wildman–Crippen LogP) is 3.19. The maximum atomic E-state index is 12.7. The van der Waals surface area contributed by atoms with E-state index in [-0.39, 0.29) is 17.4 Å². The lowest BCUT2D eigenvalue weighted by Gasteiger charge is -2.15. The van der Waals surface area contributed by atoms with E-state index in [0.29, 0.717) is 41.2 Å². The Hall–Kier alpha value is -2.51. The van der Waals surface area contributed by atoms with Gasteiger partial charge in [0.2, 0.25) is 0 Å². The van der Waals surface area contributed by atoms with Gasteiger partial charge >= 0.3 is 0 Å². The molecule has 1 aromatic heterocycles. The van der Waals surface area contributed by atoms with Crippen LogP contribution >= 0.6 is 11.6 Å². The van der Waals surface area contributed by atoms with E-state index in [2.05, 4.69) is 5.11 Å². The van der Waals surface area contributed by atoms with Gasteiger partial charge in [-0.15, -0.1) is 0 Å². The fourth-order valence-corrected chi connectivity index (χ4v) is 3.04. The number of nitrogens with one attached hydrogen (secondary N) is 2. The molecule has 1 aromatic carbocycles. The summed E-state index contributed by atoms with van der Waals surface area (Å²) in [5.74, 6) is 0.259. The molecule has 0 spiro atoms. The van der Waals surface area contributed by atoms with Crippen molar-refractivity contribution in [2.45, 2.75) is 25.9 Å². The maximum Gasteiger partial charge on any atom is 0.260 e. The molecule has 1 unspecified atom stereocenters. The number of nitrogens with two attached hydrogens (primary N) is 2. The van der Waals surface area contributed by atoms with E-state index in [1.165, 1.54) is 4.57 Å². The Morgan fingerprint density at radius 2 is 2.08 bits per heavy atom. The lowest BCUT2D eigenvalue weighted by molar-refractivity contribution is 0.617. The topological polar surface area (TPSA) is 134 Å². The van der Waals surface area contributed by atoms with Crippen molar-refractivity contribution in [3.8, 4) is 11.1 Å². The van der Waals surface area contributed by atoms with Crippen LogP contribution in [0, 0.1) is 10.9 Å². The molecule has 0 aliphatic rings. The fourth-order valence-electron chi connectivity index (χ4n) is 2.75. The van der Waals surface area contributed by atoms with Crippen LogP contribution in [-0.4, -0.2) is 17.3 Å².